The quantitative estimate of drug-likeness (QED) is 0.169. The minimum atomic E-state index is -0.231. The van der Waals surface area contributed by atoms with Crippen LogP contribution < -0.4 is 20.5 Å². The third-order valence-electron chi connectivity index (χ3n) is 8.52. The number of nitrogens with two attached hydrogens (primary N) is 1. The molecule has 0 bridgehead atoms. The summed E-state index contributed by atoms with van der Waals surface area (Å²) in [6.45, 7) is 3.18. The number of benzene rings is 2. The predicted molar refractivity (Wildman–Crippen MR) is 165 cm³/mol. The van der Waals surface area contributed by atoms with Gasteiger partial charge in [-0.15, -0.1) is 11.3 Å². The SMILES string of the molecule is COc1cc(C(=O)NCC(c2cc3c(c(-c4csc5c(F)cccc45)n2)OCC3C)C2CC2)cc(C=NC2CC2)c1N. The van der Waals surface area contributed by atoms with E-state index < -0.39 is 0 Å². The lowest BCUT2D eigenvalue weighted by molar-refractivity contribution is 0.0949. The molecule has 2 fully saturated rings. The molecule has 2 atom stereocenters. The Morgan fingerprint density at radius 1 is 1.29 bits per heavy atom. The lowest BCUT2D eigenvalue weighted by Crippen LogP contribution is -2.30. The highest BCUT2D eigenvalue weighted by Gasteiger charge is 2.36. The Hall–Kier alpha value is -3.98. The highest BCUT2D eigenvalue weighted by molar-refractivity contribution is 7.17. The number of thiophene rings is 1. The van der Waals surface area contributed by atoms with E-state index in [1.807, 2.05) is 11.4 Å². The Kier molecular flexibility index (Phi) is 6.85. The van der Waals surface area contributed by atoms with E-state index in [2.05, 4.69) is 23.3 Å². The third kappa shape index (κ3) is 5.00. The molecule has 7 nitrogen and oxygen atoms in total. The monoisotopic (exact) mass is 584 g/mol. The van der Waals surface area contributed by atoms with Crippen LogP contribution in [0.2, 0.25) is 0 Å². The molecule has 0 radical (unpaired) electrons. The van der Waals surface area contributed by atoms with E-state index in [0.717, 1.165) is 59.3 Å². The van der Waals surface area contributed by atoms with Gasteiger partial charge in [-0.1, -0.05) is 19.1 Å². The topological polar surface area (TPSA) is 98.8 Å². The number of nitrogens with zero attached hydrogens (tertiary/aromatic N) is 2. The van der Waals surface area contributed by atoms with Crippen molar-refractivity contribution >= 4 is 39.2 Å². The van der Waals surface area contributed by atoms with Crippen molar-refractivity contribution in [1.29, 1.82) is 0 Å². The van der Waals surface area contributed by atoms with Crippen molar-refractivity contribution in [2.75, 3.05) is 26.0 Å². The van der Waals surface area contributed by atoms with Crippen LogP contribution in [0.4, 0.5) is 10.1 Å². The summed E-state index contributed by atoms with van der Waals surface area (Å²) in [5.74, 6) is 1.50. The number of aromatic nitrogens is 1. The summed E-state index contributed by atoms with van der Waals surface area (Å²) >= 11 is 1.38. The molecule has 3 N–H and O–H groups in total. The van der Waals surface area contributed by atoms with Crippen LogP contribution >= 0.6 is 11.3 Å². The van der Waals surface area contributed by atoms with Gasteiger partial charge in [0.05, 0.1) is 30.1 Å². The molecule has 9 heteroatoms. The first-order valence-corrected chi connectivity index (χ1v) is 15.4. The molecule has 7 rings (SSSR count). The van der Waals surface area contributed by atoms with E-state index in [1.54, 1.807) is 31.5 Å². The fraction of sp³-hybridized carbons (Fsp3) is 0.364. The number of hydrogen-bond donors (Lipinski definition) is 2. The lowest BCUT2D eigenvalue weighted by Gasteiger charge is -2.20. The molecule has 1 amide bonds. The van der Waals surface area contributed by atoms with Crippen molar-refractivity contribution in [2.45, 2.75) is 50.5 Å². The number of nitrogen functional groups attached to an aromatic ring is 1. The minimum Gasteiger partial charge on any atom is -0.495 e. The van der Waals surface area contributed by atoms with Gasteiger partial charge in [0, 0.05) is 63.3 Å². The molecule has 2 aromatic carbocycles. The molecule has 0 spiro atoms. The van der Waals surface area contributed by atoms with E-state index in [0.29, 0.717) is 52.4 Å². The van der Waals surface area contributed by atoms with Gasteiger partial charge in [0.2, 0.25) is 0 Å². The summed E-state index contributed by atoms with van der Waals surface area (Å²) in [5, 5.41) is 5.97. The number of carbonyl (C=O) groups excluding carboxylic acids is 1. The third-order valence-corrected chi connectivity index (χ3v) is 9.52. The lowest BCUT2D eigenvalue weighted by atomic mass is 9.93. The first-order chi connectivity index (χ1) is 20.4. The van der Waals surface area contributed by atoms with Gasteiger partial charge in [0.25, 0.3) is 5.91 Å². The Balaban J connectivity index is 1.20. The largest absolute Gasteiger partial charge is 0.495 e. The molecular weight excluding hydrogens is 551 g/mol. The van der Waals surface area contributed by atoms with E-state index >= 15 is 0 Å². The zero-order chi connectivity index (χ0) is 29.0. The zero-order valence-corrected chi connectivity index (χ0v) is 24.5. The summed E-state index contributed by atoms with van der Waals surface area (Å²) in [7, 11) is 1.55. The van der Waals surface area contributed by atoms with Crippen molar-refractivity contribution < 1.29 is 18.7 Å². The van der Waals surface area contributed by atoms with Crippen LogP contribution in [-0.4, -0.2) is 43.4 Å². The minimum absolute atomic E-state index is 0.0408. The number of rotatable bonds is 9. The average molecular weight is 585 g/mol. The van der Waals surface area contributed by atoms with Crippen LogP contribution in [0.15, 0.2) is 46.8 Å². The Bertz CT molecular complexity index is 1730. The van der Waals surface area contributed by atoms with Gasteiger partial charge in [0.1, 0.15) is 23.0 Å². The summed E-state index contributed by atoms with van der Waals surface area (Å²) in [6, 6.07) is 11.1. The molecule has 4 aromatic rings. The number of nitrogens with one attached hydrogen (secondary N) is 1. The number of ether oxygens (including phenoxy) is 2. The van der Waals surface area contributed by atoms with E-state index in [4.69, 9.17) is 20.2 Å². The van der Waals surface area contributed by atoms with Gasteiger partial charge in [-0.05, 0) is 55.9 Å². The second-order valence-electron chi connectivity index (χ2n) is 11.6. The molecule has 216 valence electrons. The molecule has 3 heterocycles. The number of aliphatic imine (C=N–C) groups is 1. The Morgan fingerprint density at radius 2 is 2.12 bits per heavy atom. The zero-order valence-electron chi connectivity index (χ0n) is 23.7. The van der Waals surface area contributed by atoms with Gasteiger partial charge in [0.15, 0.2) is 0 Å². The average Bonchev–Trinajstić information content (AvgIpc) is 3.93. The van der Waals surface area contributed by atoms with Crippen LogP contribution in [0, 0.1) is 11.7 Å². The van der Waals surface area contributed by atoms with Gasteiger partial charge in [-0.2, -0.15) is 0 Å². The number of carbonyl (C=O) groups is 1. The standard InChI is InChI=1S/C33H33FN4O3S/c1-17-15-41-31-23(17)12-27(38-30(31)25-16-42-32-22(25)4-3-5-26(32)34)24(18-6-7-18)14-37-33(39)19-10-20(13-36-21-8-9-21)29(35)28(11-19)40-2/h3-5,10-13,16-18,21,24H,6-9,14-15,35H2,1-2H3,(H,37,39). The Labute approximate surface area is 248 Å². The molecule has 3 aliphatic rings. The molecule has 42 heavy (non-hydrogen) atoms. The molecule has 0 saturated heterocycles. The molecule has 2 aliphatic carbocycles. The molecule has 2 saturated carbocycles. The summed E-state index contributed by atoms with van der Waals surface area (Å²) in [5.41, 5.74) is 11.6. The van der Waals surface area contributed by atoms with Crippen LogP contribution in [0.1, 0.15) is 71.6 Å². The summed E-state index contributed by atoms with van der Waals surface area (Å²) in [4.78, 5) is 23.2. The van der Waals surface area contributed by atoms with Crippen molar-refractivity contribution in [3.63, 3.8) is 0 Å². The second kappa shape index (κ2) is 10.7. The van der Waals surface area contributed by atoms with Gasteiger partial charge < -0.3 is 20.5 Å². The maximum atomic E-state index is 14.6. The number of halogens is 1. The fourth-order valence-corrected chi connectivity index (χ4v) is 6.71. The van der Waals surface area contributed by atoms with Gasteiger partial charge in [-0.3, -0.25) is 9.79 Å². The first kappa shape index (κ1) is 26.9. The summed E-state index contributed by atoms with van der Waals surface area (Å²) in [6.07, 6.45) is 6.09. The number of pyridine rings is 1. The van der Waals surface area contributed by atoms with E-state index in [1.165, 1.54) is 17.4 Å². The van der Waals surface area contributed by atoms with Crippen LogP contribution in [-0.2, 0) is 0 Å². The number of methoxy groups -OCH3 is 1. The van der Waals surface area contributed by atoms with Gasteiger partial charge >= 0.3 is 0 Å². The van der Waals surface area contributed by atoms with E-state index in [-0.39, 0.29) is 23.6 Å². The fourth-order valence-electron chi connectivity index (χ4n) is 5.75. The van der Waals surface area contributed by atoms with E-state index in [9.17, 15) is 9.18 Å². The van der Waals surface area contributed by atoms with Crippen LogP contribution in [0.3, 0.4) is 0 Å². The predicted octanol–water partition coefficient (Wildman–Crippen LogP) is 6.69. The molecule has 2 unspecified atom stereocenters. The number of fused-ring (bicyclic) bond motifs is 2. The maximum Gasteiger partial charge on any atom is 0.251 e. The molecular formula is C33H33FN4O3S. The first-order valence-electron chi connectivity index (χ1n) is 14.5. The normalized spacial score (nSPS) is 18.7. The van der Waals surface area contributed by atoms with Crippen molar-refractivity contribution in [2.24, 2.45) is 10.9 Å². The maximum absolute atomic E-state index is 14.6. The second-order valence-corrected chi connectivity index (χ2v) is 12.5. The van der Waals surface area contributed by atoms with Crippen LogP contribution in [0.25, 0.3) is 21.3 Å². The van der Waals surface area contributed by atoms with Crippen molar-refractivity contribution in [3.05, 3.63) is 70.0 Å². The molecule has 2 aromatic heterocycles. The van der Waals surface area contributed by atoms with Crippen molar-refractivity contribution in [1.82, 2.24) is 10.3 Å². The number of anilines is 1. The molecule has 1 aliphatic heterocycles. The number of amides is 1. The summed E-state index contributed by atoms with van der Waals surface area (Å²) < 4.78 is 26.8. The van der Waals surface area contributed by atoms with Crippen molar-refractivity contribution in [3.8, 4) is 22.8 Å². The van der Waals surface area contributed by atoms with Gasteiger partial charge in [-0.25, -0.2) is 9.37 Å². The Morgan fingerprint density at radius 3 is 2.88 bits per heavy atom. The highest BCUT2D eigenvalue weighted by Crippen LogP contribution is 2.48. The smallest absolute Gasteiger partial charge is 0.251 e. The highest BCUT2D eigenvalue weighted by atomic mass is 32.1. The number of hydrogen-bond acceptors (Lipinski definition) is 7. The van der Waals surface area contributed by atoms with Crippen LogP contribution in [0.5, 0.6) is 11.5 Å².